The highest BCUT2D eigenvalue weighted by molar-refractivity contribution is 5.76. The third-order valence-electron chi connectivity index (χ3n) is 9.31. The van der Waals surface area contributed by atoms with Crippen LogP contribution >= 0.6 is 0 Å². The predicted molar refractivity (Wildman–Crippen MR) is 125 cm³/mol. The van der Waals surface area contributed by atoms with Gasteiger partial charge in [0.05, 0.1) is 26.2 Å². The number of carbonyl (C=O) groups excluding carboxylic acids is 1. The highest BCUT2D eigenvalue weighted by Gasteiger charge is 2.60. The summed E-state index contributed by atoms with van der Waals surface area (Å²) in [5.74, 6) is 1.27. The Hall–Kier alpha value is -2.05. The van der Waals surface area contributed by atoms with Crippen molar-refractivity contribution in [3.8, 4) is 11.5 Å². The maximum Gasteiger partial charge on any atom is 0.311 e. The second-order valence-electron chi connectivity index (χ2n) is 10.6. The highest BCUT2D eigenvalue weighted by Crippen LogP contribution is 2.56. The summed E-state index contributed by atoms with van der Waals surface area (Å²) in [6.45, 7) is 8.09. The Morgan fingerprint density at radius 1 is 1.21 bits per heavy atom. The summed E-state index contributed by atoms with van der Waals surface area (Å²) in [6, 6.07) is 4.28. The number of nitrogens with zero attached hydrogens (tertiary/aromatic N) is 1. The molecule has 2 fully saturated rings. The lowest BCUT2D eigenvalue weighted by Crippen LogP contribution is -2.55. The largest absolute Gasteiger partial charge is 0.493 e. The third kappa shape index (κ3) is 3.40. The lowest BCUT2D eigenvalue weighted by atomic mass is 9.55. The Morgan fingerprint density at radius 2 is 1.94 bits per heavy atom. The molecule has 1 N–H and O–H groups in total. The molecule has 0 unspecified atom stereocenters. The van der Waals surface area contributed by atoms with Crippen molar-refractivity contribution >= 4 is 5.97 Å². The number of hydrogen-bond donors (Lipinski definition) is 1. The molecule has 0 spiro atoms. The number of carbonyl (C=O) groups is 1. The van der Waals surface area contributed by atoms with Gasteiger partial charge in [-0.25, -0.2) is 0 Å². The number of aliphatic hydroxyl groups is 1. The topological polar surface area (TPSA) is 68.2 Å². The van der Waals surface area contributed by atoms with Gasteiger partial charge in [0.15, 0.2) is 11.5 Å². The number of hydrogen-bond acceptors (Lipinski definition) is 6. The van der Waals surface area contributed by atoms with Crippen LogP contribution in [0.5, 0.6) is 11.5 Å². The van der Waals surface area contributed by atoms with Gasteiger partial charge in [0, 0.05) is 36.9 Å². The van der Waals surface area contributed by atoms with Crippen LogP contribution in [0.1, 0.15) is 57.2 Å². The van der Waals surface area contributed by atoms with E-state index in [1.807, 2.05) is 0 Å². The molecule has 0 aromatic heterocycles. The maximum absolute atomic E-state index is 13.1. The summed E-state index contributed by atoms with van der Waals surface area (Å²) in [5.41, 5.74) is 3.49. The first-order chi connectivity index (χ1) is 15.8. The van der Waals surface area contributed by atoms with Crippen molar-refractivity contribution in [1.29, 1.82) is 0 Å². The summed E-state index contributed by atoms with van der Waals surface area (Å²) in [5, 5.41) is 11.6. The Balaban J connectivity index is 1.40. The number of esters is 1. The summed E-state index contributed by atoms with van der Waals surface area (Å²) in [7, 11) is 3.32. The average Bonchev–Trinajstić information content (AvgIpc) is 3.11. The average molecular weight is 456 g/mol. The van der Waals surface area contributed by atoms with E-state index in [0.717, 1.165) is 43.7 Å². The number of benzene rings is 1. The van der Waals surface area contributed by atoms with E-state index in [9.17, 15) is 9.90 Å². The van der Waals surface area contributed by atoms with Gasteiger partial charge in [-0.3, -0.25) is 9.69 Å². The van der Waals surface area contributed by atoms with E-state index in [-0.39, 0.29) is 35.4 Å². The number of fused-ring (bicyclic) bond motifs is 3. The Kier molecular flexibility index (Phi) is 5.73. The van der Waals surface area contributed by atoms with Gasteiger partial charge in [0.1, 0.15) is 6.10 Å². The van der Waals surface area contributed by atoms with Gasteiger partial charge in [-0.15, -0.1) is 0 Å². The first-order valence-corrected chi connectivity index (χ1v) is 12.4. The van der Waals surface area contributed by atoms with Crippen molar-refractivity contribution in [2.24, 2.45) is 23.2 Å². The molecule has 0 amide bonds. The second-order valence-corrected chi connectivity index (χ2v) is 10.6. The van der Waals surface area contributed by atoms with Crippen molar-refractivity contribution in [2.75, 3.05) is 27.3 Å². The van der Waals surface area contributed by atoms with E-state index in [0.29, 0.717) is 12.5 Å². The molecule has 180 valence electrons. The molecule has 0 bridgehead atoms. The van der Waals surface area contributed by atoms with Crippen molar-refractivity contribution in [3.05, 3.63) is 34.9 Å². The molecular weight excluding hydrogens is 418 g/mol. The smallest absolute Gasteiger partial charge is 0.311 e. The molecule has 2 aliphatic heterocycles. The van der Waals surface area contributed by atoms with Crippen molar-refractivity contribution in [2.45, 2.75) is 64.7 Å². The second kappa shape index (κ2) is 8.31. The van der Waals surface area contributed by atoms with Crippen LogP contribution in [0.3, 0.4) is 0 Å². The summed E-state index contributed by atoms with van der Waals surface area (Å²) >= 11 is 0. The van der Waals surface area contributed by atoms with Crippen molar-refractivity contribution in [3.63, 3.8) is 0 Å². The number of ether oxygens (including phenoxy) is 3. The summed E-state index contributed by atoms with van der Waals surface area (Å²) in [6.07, 6.45) is 5.29. The molecule has 0 radical (unpaired) electrons. The maximum atomic E-state index is 13.1. The first-order valence-electron chi connectivity index (χ1n) is 12.4. The molecule has 2 aliphatic carbocycles. The normalized spacial score (nSPS) is 38.0. The molecule has 33 heavy (non-hydrogen) atoms. The number of methoxy groups -OCH3 is 2. The van der Waals surface area contributed by atoms with Crippen LogP contribution in [-0.4, -0.2) is 55.5 Å². The minimum Gasteiger partial charge on any atom is -0.493 e. The summed E-state index contributed by atoms with van der Waals surface area (Å²) < 4.78 is 16.9. The molecule has 4 aliphatic rings. The van der Waals surface area contributed by atoms with Crippen LogP contribution in [-0.2, 0) is 16.0 Å². The van der Waals surface area contributed by atoms with Gasteiger partial charge >= 0.3 is 5.97 Å². The van der Waals surface area contributed by atoms with Crippen LogP contribution in [0.15, 0.2) is 23.8 Å². The lowest BCUT2D eigenvalue weighted by Gasteiger charge is -2.52. The van der Waals surface area contributed by atoms with Crippen LogP contribution < -0.4 is 9.47 Å². The Bertz CT molecular complexity index is 974. The van der Waals surface area contributed by atoms with Gasteiger partial charge < -0.3 is 19.3 Å². The van der Waals surface area contributed by atoms with Gasteiger partial charge in [-0.1, -0.05) is 25.5 Å². The fourth-order valence-corrected chi connectivity index (χ4v) is 6.97. The Morgan fingerprint density at radius 3 is 2.67 bits per heavy atom. The zero-order valence-electron chi connectivity index (χ0n) is 20.5. The van der Waals surface area contributed by atoms with Gasteiger partial charge in [0.2, 0.25) is 0 Å². The SMILES string of the molecule is COc1cc2c(cc1OC)[C@H](C)N(C[C@H]1C(=O)O[C@@H]3CC4=CCC[C@@H](C)[C@@]4(C)[C@@H](O)[C@H]31)CC2. The first kappa shape index (κ1) is 22.7. The molecule has 2 heterocycles. The van der Waals surface area contributed by atoms with Crippen LogP contribution in [0.4, 0.5) is 0 Å². The lowest BCUT2D eigenvalue weighted by molar-refractivity contribution is -0.145. The minimum absolute atomic E-state index is 0.140. The molecular formula is C27H37NO5. The predicted octanol–water partition coefficient (Wildman–Crippen LogP) is 3.91. The highest BCUT2D eigenvalue weighted by atomic mass is 16.6. The molecule has 6 nitrogen and oxygen atoms in total. The number of aliphatic hydroxyl groups excluding tert-OH is 1. The van der Waals surface area contributed by atoms with E-state index in [1.54, 1.807) is 14.2 Å². The van der Waals surface area contributed by atoms with E-state index < -0.39 is 6.10 Å². The quantitative estimate of drug-likeness (QED) is 0.549. The standard InChI is InChI=1S/C27H37NO5/c1-15-7-6-8-18-12-23-24(25(29)27(15,18)3)20(26(30)33-23)14-28-10-9-17-11-21(31-4)22(32-5)13-19(17)16(28)2/h8,11,13,15-16,20,23-25,29H,6-7,9-10,12,14H2,1-5H3/t15-,16+,20-,23-,24+,25+,27-/m1/s1. The molecule has 6 heteroatoms. The molecule has 1 aromatic rings. The molecule has 5 rings (SSSR count). The third-order valence-corrected chi connectivity index (χ3v) is 9.31. The van der Waals surface area contributed by atoms with Gasteiger partial charge in [0.25, 0.3) is 0 Å². The monoisotopic (exact) mass is 455 g/mol. The fourth-order valence-electron chi connectivity index (χ4n) is 6.97. The molecule has 1 aromatic carbocycles. The van der Waals surface area contributed by atoms with Gasteiger partial charge in [-0.05, 0) is 55.4 Å². The van der Waals surface area contributed by atoms with E-state index >= 15 is 0 Å². The van der Waals surface area contributed by atoms with Crippen LogP contribution in [0.25, 0.3) is 0 Å². The fraction of sp³-hybridized carbons (Fsp3) is 0.667. The van der Waals surface area contributed by atoms with E-state index in [4.69, 9.17) is 14.2 Å². The number of rotatable bonds is 4. The van der Waals surface area contributed by atoms with E-state index in [2.05, 4.69) is 43.9 Å². The Labute approximate surface area is 196 Å². The molecule has 1 saturated carbocycles. The zero-order valence-corrected chi connectivity index (χ0v) is 20.5. The summed E-state index contributed by atoms with van der Waals surface area (Å²) in [4.78, 5) is 15.4. The van der Waals surface area contributed by atoms with E-state index in [1.165, 1.54) is 16.7 Å². The molecule has 1 saturated heterocycles. The van der Waals surface area contributed by atoms with Crippen LogP contribution in [0, 0.1) is 23.2 Å². The minimum atomic E-state index is -0.564. The zero-order chi connectivity index (χ0) is 23.5. The van der Waals surface area contributed by atoms with Crippen molar-refractivity contribution < 1.29 is 24.1 Å². The van der Waals surface area contributed by atoms with Gasteiger partial charge in [-0.2, -0.15) is 0 Å². The molecule has 7 atom stereocenters. The van der Waals surface area contributed by atoms with Crippen molar-refractivity contribution in [1.82, 2.24) is 4.90 Å². The number of allylic oxidation sites excluding steroid dienone is 1. The van der Waals surface area contributed by atoms with Crippen LogP contribution in [0.2, 0.25) is 0 Å².